The van der Waals surface area contributed by atoms with E-state index in [9.17, 15) is 0 Å². The van der Waals surface area contributed by atoms with Gasteiger partial charge in [0.1, 0.15) is 17.4 Å². The number of rotatable bonds is 5. The van der Waals surface area contributed by atoms with Gasteiger partial charge in [-0.2, -0.15) is 0 Å². The highest BCUT2D eigenvalue weighted by Crippen LogP contribution is 2.30. The molecule has 0 unspecified atom stereocenters. The summed E-state index contributed by atoms with van der Waals surface area (Å²) in [6, 6.07) is 6.31. The van der Waals surface area contributed by atoms with E-state index < -0.39 is 0 Å². The van der Waals surface area contributed by atoms with Crippen LogP contribution in [0.15, 0.2) is 36.8 Å². The van der Waals surface area contributed by atoms with E-state index in [1.54, 1.807) is 19.5 Å². The Balaban J connectivity index is 1.19. The van der Waals surface area contributed by atoms with E-state index in [4.69, 9.17) is 9.47 Å². The normalized spacial score (nSPS) is 17.1. The van der Waals surface area contributed by atoms with E-state index >= 15 is 0 Å². The number of nitrogens with zero attached hydrogens (tertiary/aromatic N) is 4. The summed E-state index contributed by atoms with van der Waals surface area (Å²) >= 11 is 0. The minimum absolute atomic E-state index is 0.420. The van der Waals surface area contributed by atoms with Crippen LogP contribution in [-0.4, -0.2) is 51.6 Å². The van der Waals surface area contributed by atoms with Gasteiger partial charge >= 0.3 is 0 Å². The van der Waals surface area contributed by atoms with Crippen LogP contribution in [0.25, 0.3) is 11.4 Å². The number of hydrogen-bond donors (Lipinski definition) is 1. The number of aromatic nitrogens is 4. The molecule has 5 rings (SSSR count). The maximum absolute atomic E-state index is 5.59. The predicted octanol–water partition coefficient (Wildman–Crippen LogP) is 3.19. The Morgan fingerprint density at radius 1 is 1.14 bits per heavy atom. The van der Waals surface area contributed by atoms with Crippen molar-refractivity contribution in [3.63, 3.8) is 0 Å². The molecule has 1 N–H and O–H groups in total. The number of imidazole rings is 1. The molecule has 0 atom stereocenters. The van der Waals surface area contributed by atoms with Crippen LogP contribution in [0.1, 0.15) is 35.8 Å². The molecule has 3 aromatic rings. The summed E-state index contributed by atoms with van der Waals surface area (Å²) in [6.07, 6.45) is 8.58. The minimum Gasteiger partial charge on any atom is -0.494 e. The van der Waals surface area contributed by atoms with Crippen molar-refractivity contribution in [3.05, 3.63) is 53.9 Å². The van der Waals surface area contributed by atoms with Crippen LogP contribution in [0, 0.1) is 0 Å². The molecule has 0 amide bonds. The lowest BCUT2D eigenvalue weighted by atomic mass is 9.96. The number of piperidine rings is 1. The molecule has 0 radical (unpaired) electrons. The molecule has 150 valence electrons. The Morgan fingerprint density at radius 2 is 1.97 bits per heavy atom. The summed E-state index contributed by atoms with van der Waals surface area (Å²) in [4.78, 5) is 19.5. The van der Waals surface area contributed by atoms with Gasteiger partial charge in [0.2, 0.25) is 0 Å². The second kappa shape index (κ2) is 7.83. The molecule has 0 saturated carbocycles. The highest BCUT2D eigenvalue weighted by molar-refractivity contribution is 5.59. The van der Waals surface area contributed by atoms with Gasteiger partial charge in [0.25, 0.3) is 0 Å². The third kappa shape index (κ3) is 3.82. The topological polar surface area (TPSA) is 76.2 Å². The van der Waals surface area contributed by atoms with Gasteiger partial charge < -0.3 is 14.5 Å². The lowest BCUT2D eigenvalue weighted by Gasteiger charge is -2.30. The van der Waals surface area contributed by atoms with Crippen LogP contribution in [0.5, 0.6) is 11.5 Å². The summed E-state index contributed by atoms with van der Waals surface area (Å²) in [7, 11) is 1.64. The van der Waals surface area contributed by atoms with Crippen molar-refractivity contribution in [2.45, 2.75) is 31.7 Å². The van der Waals surface area contributed by atoms with E-state index in [-0.39, 0.29) is 0 Å². The van der Waals surface area contributed by atoms with Crippen molar-refractivity contribution >= 4 is 0 Å². The van der Waals surface area contributed by atoms with Gasteiger partial charge in [0.05, 0.1) is 26.1 Å². The zero-order valence-electron chi connectivity index (χ0n) is 16.6. The van der Waals surface area contributed by atoms with Gasteiger partial charge in [0, 0.05) is 36.3 Å². The van der Waals surface area contributed by atoms with Crippen molar-refractivity contribution in [3.8, 4) is 22.9 Å². The number of hydrogen-bond acceptors (Lipinski definition) is 6. The molecule has 0 aliphatic carbocycles. The molecule has 7 nitrogen and oxygen atoms in total. The highest BCUT2D eigenvalue weighted by Gasteiger charge is 2.23. The number of ether oxygens (including phenoxy) is 2. The maximum atomic E-state index is 5.59. The van der Waals surface area contributed by atoms with Gasteiger partial charge in [-0.1, -0.05) is 0 Å². The average Bonchev–Trinajstić information content (AvgIpc) is 3.43. The average molecular weight is 391 g/mol. The van der Waals surface area contributed by atoms with E-state index in [2.05, 4.69) is 37.0 Å². The smallest absolute Gasteiger partial charge is 0.155 e. The van der Waals surface area contributed by atoms with Gasteiger partial charge in [-0.05, 0) is 49.7 Å². The number of fused-ring (bicyclic) bond motifs is 1. The minimum atomic E-state index is 0.420. The first-order valence-corrected chi connectivity index (χ1v) is 10.2. The maximum Gasteiger partial charge on any atom is 0.155 e. The third-order valence-corrected chi connectivity index (χ3v) is 5.82. The van der Waals surface area contributed by atoms with Crippen molar-refractivity contribution in [1.29, 1.82) is 0 Å². The second-order valence-corrected chi connectivity index (χ2v) is 7.71. The summed E-state index contributed by atoms with van der Waals surface area (Å²) in [5.74, 6) is 3.98. The van der Waals surface area contributed by atoms with Crippen LogP contribution in [0.3, 0.4) is 0 Å². The number of aromatic amines is 1. The number of methoxy groups -OCH3 is 1. The fraction of sp³-hybridized carbons (Fsp3) is 0.409. The number of H-pyrrole nitrogens is 1. The van der Waals surface area contributed by atoms with Gasteiger partial charge in [-0.25, -0.2) is 15.0 Å². The molecule has 1 aromatic carbocycles. The van der Waals surface area contributed by atoms with Crippen molar-refractivity contribution in [2.75, 3.05) is 26.8 Å². The van der Waals surface area contributed by atoms with Crippen LogP contribution >= 0.6 is 0 Å². The number of nitrogens with one attached hydrogen (secondary N) is 1. The van der Waals surface area contributed by atoms with Crippen LogP contribution in [0.4, 0.5) is 0 Å². The lowest BCUT2D eigenvalue weighted by Crippen LogP contribution is -2.33. The summed E-state index contributed by atoms with van der Waals surface area (Å²) in [5.41, 5.74) is 3.54. The molecule has 2 aromatic heterocycles. The first kappa shape index (κ1) is 18.1. The Bertz CT molecular complexity index is 977. The summed E-state index contributed by atoms with van der Waals surface area (Å²) in [6.45, 7) is 3.73. The molecule has 7 heteroatoms. The van der Waals surface area contributed by atoms with E-state index in [1.165, 1.54) is 5.56 Å². The summed E-state index contributed by atoms with van der Waals surface area (Å²) < 4.78 is 10.7. The fourth-order valence-corrected chi connectivity index (χ4v) is 4.15. The molecule has 0 bridgehead atoms. The molecule has 2 aliphatic rings. The first-order valence-electron chi connectivity index (χ1n) is 10.2. The standard InChI is InChI=1S/C22H25N5O2/c1-28-19-12-24-21(25-13-19)15-4-7-27(8-5-15)14-18-11-23-22(26-18)17-2-3-20-16(10-17)6-9-29-20/h2-3,10-13,15H,4-9,14H2,1H3,(H,23,26). The fourth-order valence-electron chi connectivity index (χ4n) is 4.15. The lowest BCUT2D eigenvalue weighted by molar-refractivity contribution is 0.200. The first-order chi connectivity index (χ1) is 14.3. The van der Waals surface area contributed by atoms with E-state index in [0.29, 0.717) is 11.7 Å². The van der Waals surface area contributed by atoms with Gasteiger partial charge in [-0.15, -0.1) is 0 Å². The van der Waals surface area contributed by atoms with Crippen LogP contribution in [-0.2, 0) is 13.0 Å². The van der Waals surface area contributed by atoms with Crippen LogP contribution in [0.2, 0.25) is 0 Å². The Labute approximate surface area is 170 Å². The highest BCUT2D eigenvalue weighted by atomic mass is 16.5. The predicted molar refractivity (Wildman–Crippen MR) is 109 cm³/mol. The second-order valence-electron chi connectivity index (χ2n) is 7.71. The van der Waals surface area contributed by atoms with Gasteiger partial charge in [0.15, 0.2) is 5.75 Å². The molecule has 1 saturated heterocycles. The van der Waals surface area contributed by atoms with E-state index in [1.807, 2.05) is 12.3 Å². The number of likely N-dealkylation sites (tertiary alicyclic amines) is 1. The van der Waals surface area contributed by atoms with Gasteiger partial charge in [-0.3, -0.25) is 4.90 Å². The quantitative estimate of drug-likeness (QED) is 0.720. The van der Waals surface area contributed by atoms with Crippen molar-refractivity contribution in [2.24, 2.45) is 0 Å². The molecule has 2 aliphatic heterocycles. The Kier molecular flexibility index (Phi) is 4.89. The SMILES string of the molecule is COc1cnc(C2CCN(Cc3cnc(-c4ccc5c(c4)CCO5)[nH]3)CC2)nc1. The third-order valence-electron chi connectivity index (χ3n) is 5.82. The molecule has 0 spiro atoms. The Hall–Kier alpha value is -2.93. The largest absolute Gasteiger partial charge is 0.494 e. The molecular weight excluding hydrogens is 366 g/mol. The Morgan fingerprint density at radius 3 is 2.76 bits per heavy atom. The van der Waals surface area contributed by atoms with Crippen molar-refractivity contribution in [1.82, 2.24) is 24.8 Å². The van der Waals surface area contributed by atoms with E-state index in [0.717, 1.165) is 74.2 Å². The van der Waals surface area contributed by atoms with Crippen LogP contribution < -0.4 is 9.47 Å². The summed E-state index contributed by atoms with van der Waals surface area (Å²) in [5, 5.41) is 0. The zero-order chi connectivity index (χ0) is 19.6. The molecule has 1 fully saturated rings. The van der Waals surface area contributed by atoms with Crippen molar-refractivity contribution < 1.29 is 9.47 Å². The zero-order valence-corrected chi connectivity index (χ0v) is 16.6. The molecule has 4 heterocycles. The molecule has 29 heavy (non-hydrogen) atoms. The monoisotopic (exact) mass is 391 g/mol. The molecular formula is C22H25N5O2. The number of benzene rings is 1.